The molecular formula is C21H21N3. The van der Waals surface area contributed by atoms with E-state index in [2.05, 4.69) is 63.5 Å². The molecule has 3 heteroatoms. The molecule has 8 bridgehead atoms. The third-order valence-corrected chi connectivity index (χ3v) is 5.03. The van der Waals surface area contributed by atoms with Crippen molar-refractivity contribution in [2.75, 3.05) is 0 Å². The molecule has 0 atom stereocenters. The first-order valence-corrected chi connectivity index (χ1v) is 8.68. The maximum absolute atomic E-state index is 3.59. The average molecular weight is 315 g/mol. The summed E-state index contributed by atoms with van der Waals surface area (Å²) in [5.74, 6) is 0. The summed E-state index contributed by atoms with van der Waals surface area (Å²) in [5.41, 5.74) is 10.7. The van der Waals surface area contributed by atoms with E-state index in [1.165, 1.54) is 45.3 Å². The zero-order valence-electron chi connectivity index (χ0n) is 13.7. The highest BCUT2D eigenvalue weighted by molar-refractivity contribution is 5.36. The Hall–Kier alpha value is -2.68. The number of fused-ring (bicyclic) bond motifs is 8. The molecule has 0 unspecified atom stereocenters. The van der Waals surface area contributed by atoms with Gasteiger partial charge in [-0.25, -0.2) is 0 Å². The molecule has 3 aromatic rings. The molecule has 2 aliphatic rings. The van der Waals surface area contributed by atoms with Gasteiger partial charge in [0.15, 0.2) is 0 Å². The second-order valence-electron chi connectivity index (χ2n) is 7.06. The predicted molar refractivity (Wildman–Crippen MR) is 96.2 cm³/mol. The highest BCUT2D eigenvalue weighted by Crippen LogP contribution is 2.26. The van der Waals surface area contributed by atoms with Gasteiger partial charge >= 0.3 is 0 Å². The second kappa shape index (κ2) is 5.45. The van der Waals surface area contributed by atoms with Crippen LogP contribution in [0.4, 0.5) is 0 Å². The van der Waals surface area contributed by atoms with Crippen LogP contribution in [0.25, 0.3) is 0 Å². The fraction of sp³-hybridized carbons (Fsp3) is 0.238. The van der Waals surface area contributed by atoms with Crippen molar-refractivity contribution in [3.8, 4) is 0 Å². The second-order valence-corrected chi connectivity index (χ2v) is 7.06. The Morgan fingerprint density at radius 1 is 0.417 bits per heavy atom. The topological polar surface area (TPSA) is 47.4 Å². The van der Waals surface area contributed by atoms with E-state index in [1.54, 1.807) is 0 Å². The molecule has 0 saturated carbocycles. The van der Waals surface area contributed by atoms with Crippen molar-refractivity contribution in [2.45, 2.75) is 32.1 Å². The summed E-state index contributed by atoms with van der Waals surface area (Å²) in [4.78, 5) is 10.7. The normalized spacial score (nSPS) is 16.8. The SMILES string of the molecule is C1=C2CC(=C1)Cc1ccc([nH]1)Cc1ccc([nH]1)Cc1ccc([nH]1)C2. The van der Waals surface area contributed by atoms with Crippen molar-refractivity contribution in [3.63, 3.8) is 0 Å². The van der Waals surface area contributed by atoms with Crippen LogP contribution in [0, 0.1) is 0 Å². The van der Waals surface area contributed by atoms with Gasteiger partial charge in [-0.15, -0.1) is 0 Å². The van der Waals surface area contributed by atoms with Gasteiger partial charge in [0.1, 0.15) is 0 Å². The fourth-order valence-electron chi connectivity index (χ4n) is 3.88. The van der Waals surface area contributed by atoms with Gasteiger partial charge in [-0.3, -0.25) is 0 Å². The average Bonchev–Trinajstić information content (AvgIpc) is 3.32. The monoisotopic (exact) mass is 315 g/mol. The van der Waals surface area contributed by atoms with Crippen LogP contribution in [0.3, 0.4) is 0 Å². The Bertz CT molecular complexity index is 871. The molecule has 24 heavy (non-hydrogen) atoms. The van der Waals surface area contributed by atoms with Gasteiger partial charge in [0.05, 0.1) is 0 Å². The standard InChI is InChI=1S/C21H21N3/c1-2-15-9-14(1)10-16-3-5-18(22-16)12-20-7-8-21(24-20)13-19-6-4-17(11-15)23-19/h1-8,22-24H,9-13H2. The molecule has 4 heterocycles. The van der Waals surface area contributed by atoms with E-state index in [0.29, 0.717) is 0 Å². The Kier molecular flexibility index (Phi) is 3.12. The molecule has 0 spiro atoms. The summed E-state index contributed by atoms with van der Waals surface area (Å²) in [6, 6.07) is 13.3. The summed E-state index contributed by atoms with van der Waals surface area (Å²) >= 11 is 0. The van der Waals surface area contributed by atoms with Gasteiger partial charge in [0.25, 0.3) is 0 Å². The minimum Gasteiger partial charge on any atom is -0.362 e. The summed E-state index contributed by atoms with van der Waals surface area (Å²) in [7, 11) is 0. The van der Waals surface area contributed by atoms with Crippen LogP contribution in [0.1, 0.15) is 40.6 Å². The number of aromatic amines is 3. The summed E-state index contributed by atoms with van der Waals surface area (Å²) in [6.45, 7) is 0. The lowest BCUT2D eigenvalue weighted by Crippen LogP contribution is -1.96. The van der Waals surface area contributed by atoms with Gasteiger partial charge in [0, 0.05) is 59.8 Å². The molecule has 120 valence electrons. The Morgan fingerprint density at radius 3 is 1.12 bits per heavy atom. The van der Waals surface area contributed by atoms with Gasteiger partial charge < -0.3 is 15.0 Å². The Morgan fingerprint density at radius 2 is 0.750 bits per heavy atom. The lowest BCUT2D eigenvalue weighted by atomic mass is 10.0. The molecule has 0 aromatic carbocycles. The van der Waals surface area contributed by atoms with Crippen LogP contribution in [-0.2, 0) is 25.7 Å². The van der Waals surface area contributed by atoms with E-state index in [-0.39, 0.29) is 0 Å². The minimum absolute atomic E-state index is 0.929. The van der Waals surface area contributed by atoms with E-state index < -0.39 is 0 Å². The third-order valence-electron chi connectivity index (χ3n) is 5.03. The van der Waals surface area contributed by atoms with E-state index in [9.17, 15) is 0 Å². The van der Waals surface area contributed by atoms with Crippen LogP contribution in [0.2, 0.25) is 0 Å². The zero-order valence-corrected chi connectivity index (χ0v) is 13.7. The molecule has 0 saturated heterocycles. The third kappa shape index (κ3) is 2.67. The number of H-pyrrole nitrogens is 3. The lowest BCUT2D eigenvalue weighted by molar-refractivity contribution is 0.929. The first kappa shape index (κ1) is 13.7. The van der Waals surface area contributed by atoms with Crippen LogP contribution in [-0.4, -0.2) is 15.0 Å². The largest absolute Gasteiger partial charge is 0.362 e. The molecule has 5 rings (SSSR count). The molecule has 3 N–H and O–H groups in total. The Labute approximate surface area is 141 Å². The van der Waals surface area contributed by atoms with Crippen LogP contribution >= 0.6 is 0 Å². The number of hydrogen-bond donors (Lipinski definition) is 3. The van der Waals surface area contributed by atoms with Crippen molar-refractivity contribution in [3.05, 3.63) is 93.9 Å². The first-order valence-electron chi connectivity index (χ1n) is 8.68. The van der Waals surface area contributed by atoms with E-state index >= 15 is 0 Å². The minimum atomic E-state index is 0.929. The van der Waals surface area contributed by atoms with Crippen molar-refractivity contribution in [1.82, 2.24) is 15.0 Å². The van der Waals surface area contributed by atoms with Crippen LogP contribution in [0.5, 0.6) is 0 Å². The molecular weight excluding hydrogens is 294 g/mol. The number of rotatable bonds is 0. The zero-order chi connectivity index (χ0) is 15.9. The summed E-state index contributed by atoms with van der Waals surface area (Å²) in [5, 5.41) is 0. The van der Waals surface area contributed by atoms with Gasteiger partial charge in [-0.2, -0.15) is 0 Å². The van der Waals surface area contributed by atoms with Crippen molar-refractivity contribution in [2.24, 2.45) is 0 Å². The highest BCUT2D eigenvalue weighted by Gasteiger charge is 2.13. The molecule has 0 amide bonds. The molecule has 1 aliphatic carbocycles. The molecule has 1 aliphatic heterocycles. The quantitative estimate of drug-likeness (QED) is 0.557. The number of aromatic nitrogens is 3. The van der Waals surface area contributed by atoms with E-state index in [4.69, 9.17) is 0 Å². The van der Waals surface area contributed by atoms with E-state index in [0.717, 1.165) is 32.1 Å². The number of nitrogens with one attached hydrogen (secondary N) is 3. The number of allylic oxidation sites excluding steroid dienone is 4. The van der Waals surface area contributed by atoms with Gasteiger partial charge in [-0.1, -0.05) is 23.3 Å². The van der Waals surface area contributed by atoms with Crippen molar-refractivity contribution >= 4 is 0 Å². The Balaban J connectivity index is 1.49. The summed E-state index contributed by atoms with van der Waals surface area (Å²) in [6.07, 6.45) is 9.60. The smallest absolute Gasteiger partial charge is 0.0278 e. The van der Waals surface area contributed by atoms with Crippen LogP contribution in [0.15, 0.2) is 59.7 Å². The van der Waals surface area contributed by atoms with Gasteiger partial charge in [0.2, 0.25) is 0 Å². The number of hydrogen-bond acceptors (Lipinski definition) is 0. The predicted octanol–water partition coefficient (Wildman–Crippen LogP) is 4.21. The van der Waals surface area contributed by atoms with Crippen molar-refractivity contribution < 1.29 is 0 Å². The fourth-order valence-corrected chi connectivity index (χ4v) is 3.88. The summed E-state index contributed by atoms with van der Waals surface area (Å²) < 4.78 is 0. The maximum atomic E-state index is 3.59. The highest BCUT2D eigenvalue weighted by atomic mass is 14.8. The maximum Gasteiger partial charge on any atom is 0.0278 e. The first-order chi connectivity index (χ1) is 11.8. The molecule has 0 fully saturated rings. The van der Waals surface area contributed by atoms with Crippen molar-refractivity contribution in [1.29, 1.82) is 0 Å². The molecule has 3 nitrogen and oxygen atoms in total. The van der Waals surface area contributed by atoms with Crippen LogP contribution < -0.4 is 0 Å². The molecule has 3 aromatic heterocycles. The van der Waals surface area contributed by atoms with Gasteiger partial charge in [-0.05, 0) is 42.8 Å². The van der Waals surface area contributed by atoms with E-state index in [1.807, 2.05) is 0 Å². The lowest BCUT2D eigenvalue weighted by Gasteiger charge is -2.05. The molecule has 0 radical (unpaired) electrons.